The topological polar surface area (TPSA) is 63.1 Å². The molecule has 1 saturated heterocycles. The maximum absolute atomic E-state index is 12.1. The fourth-order valence-corrected chi connectivity index (χ4v) is 2.04. The van der Waals surface area contributed by atoms with Gasteiger partial charge in [0.2, 0.25) is 0 Å². The predicted molar refractivity (Wildman–Crippen MR) is 68.4 cm³/mol. The minimum Gasteiger partial charge on any atom is -0.338 e. The van der Waals surface area contributed by atoms with Crippen LogP contribution in [0, 0.1) is 0 Å². The van der Waals surface area contributed by atoms with Gasteiger partial charge in [-0.1, -0.05) is 5.21 Å². The number of carbonyl (C=O) groups excluding carboxylic acids is 1. The highest BCUT2D eigenvalue weighted by Crippen LogP contribution is 2.17. The first-order valence-electron chi connectivity index (χ1n) is 6.49. The van der Waals surface area contributed by atoms with Gasteiger partial charge in [-0.2, -0.15) is 0 Å². The van der Waals surface area contributed by atoms with Crippen molar-refractivity contribution in [2.75, 3.05) is 20.1 Å². The molecule has 100 valence electrons. The number of piperidine rings is 1. The van der Waals surface area contributed by atoms with Crippen molar-refractivity contribution in [3.63, 3.8) is 0 Å². The molecule has 1 amide bonds. The Morgan fingerprint density at radius 2 is 2.17 bits per heavy atom. The van der Waals surface area contributed by atoms with Crippen LogP contribution >= 0.6 is 0 Å². The molecule has 0 spiro atoms. The van der Waals surface area contributed by atoms with E-state index in [9.17, 15) is 4.79 Å². The SMILES string of the molecule is CC(C)N(C)C(=O)c1cn(C2CCNCC2)nn1. The maximum Gasteiger partial charge on any atom is 0.276 e. The molecule has 0 unspecified atom stereocenters. The highest BCUT2D eigenvalue weighted by molar-refractivity contribution is 5.91. The summed E-state index contributed by atoms with van der Waals surface area (Å²) < 4.78 is 1.84. The molecule has 0 aliphatic carbocycles. The van der Waals surface area contributed by atoms with E-state index in [-0.39, 0.29) is 11.9 Å². The molecule has 0 bridgehead atoms. The van der Waals surface area contributed by atoms with Crippen molar-refractivity contribution < 1.29 is 4.79 Å². The highest BCUT2D eigenvalue weighted by atomic mass is 16.2. The number of hydrogen-bond donors (Lipinski definition) is 1. The second-order valence-electron chi connectivity index (χ2n) is 5.07. The number of aromatic nitrogens is 3. The van der Waals surface area contributed by atoms with Crippen LogP contribution in [0.3, 0.4) is 0 Å². The zero-order valence-corrected chi connectivity index (χ0v) is 11.3. The van der Waals surface area contributed by atoms with Gasteiger partial charge in [-0.05, 0) is 39.8 Å². The van der Waals surface area contributed by atoms with Crippen molar-refractivity contribution in [2.45, 2.75) is 38.8 Å². The summed E-state index contributed by atoms with van der Waals surface area (Å²) in [5, 5.41) is 11.4. The van der Waals surface area contributed by atoms with Crippen LogP contribution in [0.1, 0.15) is 43.2 Å². The third-order valence-electron chi connectivity index (χ3n) is 3.51. The molecule has 1 aliphatic rings. The van der Waals surface area contributed by atoms with Gasteiger partial charge in [0.05, 0.1) is 12.2 Å². The smallest absolute Gasteiger partial charge is 0.276 e. The molecule has 1 fully saturated rings. The van der Waals surface area contributed by atoms with Crippen LogP contribution in [0.2, 0.25) is 0 Å². The first-order valence-corrected chi connectivity index (χ1v) is 6.49. The molecule has 0 saturated carbocycles. The molecular formula is C12H21N5O. The van der Waals surface area contributed by atoms with Gasteiger partial charge in [-0.25, -0.2) is 4.68 Å². The fraction of sp³-hybridized carbons (Fsp3) is 0.750. The maximum atomic E-state index is 12.1. The lowest BCUT2D eigenvalue weighted by Gasteiger charge is -2.22. The summed E-state index contributed by atoms with van der Waals surface area (Å²) in [6, 6.07) is 0.534. The largest absolute Gasteiger partial charge is 0.338 e. The van der Waals surface area contributed by atoms with Gasteiger partial charge in [0.1, 0.15) is 0 Å². The Balaban J connectivity index is 2.07. The van der Waals surface area contributed by atoms with Crippen LogP contribution in [-0.4, -0.2) is 52.0 Å². The van der Waals surface area contributed by atoms with E-state index >= 15 is 0 Å². The Kier molecular flexibility index (Phi) is 3.96. The summed E-state index contributed by atoms with van der Waals surface area (Å²) in [5.74, 6) is -0.0646. The average Bonchev–Trinajstić information content (AvgIpc) is 2.87. The summed E-state index contributed by atoms with van der Waals surface area (Å²) in [5.41, 5.74) is 0.435. The number of rotatable bonds is 3. The first-order chi connectivity index (χ1) is 8.59. The Morgan fingerprint density at radius 3 is 2.78 bits per heavy atom. The molecule has 1 aromatic rings. The zero-order chi connectivity index (χ0) is 13.1. The highest BCUT2D eigenvalue weighted by Gasteiger charge is 2.21. The van der Waals surface area contributed by atoms with Crippen molar-refractivity contribution in [2.24, 2.45) is 0 Å². The zero-order valence-electron chi connectivity index (χ0n) is 11.3. The first kappa shape index (κ1) is 13.0. The van der Waals surface area contributed by atoms with Crippen molar-refractivity contribution in [3.8, 4) is 0 Å². The van der Waals surface area contributed by atoms with Crippen LogP contribution < -0.4 is 5.32 Å². The second-order valence-corrected chi connectivity index (χ2v) is 5.07. The summed E-state index contributed by atoms with van der Waals surface area (Å²) in [7, 11) is 1.79. The Hall–Kier alpha value is -1.43. The monoisotopic (exact) mass is 251 g/mol. The molecule has 2 rings (SSSR count). The van der Waals surface area contributed by atoms with Gasteiger partial charge >= 0.3 is 0 Å². The normalized spacial score (nSPS) is 17.1. The molecule has 18 heavy (non-hydrogen) atoms. The molecule has 1 aliphatic heterocycles. The lowest BCUT2D eigenvalue weighted by atomic mass is 10.1. The molecule has 0 atom stereocenters. The van der Waals surface area contributed by atoms with Gasteiger partial charge in [-0.15, -0.1) is 5.10 Å². The average molecular weight is 251 g/mol. The van der Waals surface area contributed by atoms with E-state index in [4.69, 9.17) is 0 Å². The van der Waals surface area contributed by atoms with Crippen LogP contribution in [-0.2, 0) is 0 Å². The quantitative estimate of drug-likeness (QED) is 0.858. The van der Waals surface area contributed by atoms with E-state index in [1.54, 1.807) is 18.1 Å². The van der Waals surface area contributed by atoms with Gasteiger partial charge in [0.25, 0.3) is 5.91 Å². The molecule has 1 aromatic heterocycles. The standard InChI is InChI=1S/C12H21N5O/c1-9(2)16(3)12(18)11-8-17(15-14-11)10-4-6-13-7-5-10/h8-10,13H,4-7H2,1-3H3. The van der Waals surface area contributed by atoms with E-state index in [1.807, 2.05) is 18.5 Å². The summed E-state index contributed by atoms with van der Waals surface area (Å²) in [6.45, 7) is 5.96. The molecule has 0 radical (unpaired) electrons. The molecule has 6 nitrogen and oxygen atoms in total. The molecule has 6 heteroatoms. The third kappa shape index (κ3) is 2.69. The minimum atomic E-state index is -0.0646. The molecule has 2 heterocycles. The number of amides is 1. The van der Waals surface area contributed by atoms with E-state index in [1.165, 1.54) is 0 Å². The lowest BCUT2D eigenvalue weighted by Crippen LogP contribution is -2.33. The van der Waals surface area contributed by atoms with Crippen LogP contribution in [0.5, 0.6) is 0 Å². The number of nitrogens with one attached hydrogen (secondary N) is 1. The van der Waals surface area contributed by atoms with E-state index in [0.29, 0.717) is 11.7 Å². The van der Waals surface area contributed by atoms with Crippen molar-refractivity contribution >= 4 is 5.91 Å². The molecule has 1 N–H and O–H groups in total. The summed E-state index contributed by atoms with van der Waals surface area (Å²) in [4.78, 5) is 13.8. The third-order valence-corrected chi connectivity index (χ3v) is 3.51. The molecular weight excluding hydrogens is 230 g/mol. The van der Waals surface area contributed by atoms with Gasteiger partial charge in [-0.3, -0.25) is 4.79 Å². The van der Waals surface area contributed by atoms with E-state index < -0.39 is 0 Å². The van der Waals surface area contributed by atoms with E-state index in [0.717, 1.165) is 25.9 Å². The Labute approximate surface area is 107 Å². The number of carbonyl (C=O) groups is 1. The van der Waals surface area contributed by atoms with Crippen LogP contribution in [0.4, 0.5) is 0 Å². The fourth-order valence-electron chi connectivity index (χ4n) is 2.04. The van der Waals surface area contributed by atoms with Crippen LogP contribution in [0.15, 0.2) is 6.20 Å². The Bertz CT molecular complexity index is 408. The number of nitrogens with zero attached hydrogens (tertiary/aromatic N) is 4. The number of hydrogen-bond acceptors (Lipinski definition) is 4. The van der Waals surface area contributed by atoms with Crippen LogP contribution in [0.25, 0.3) is 0 Å². The minimum absolute atomic E-state index is 0.0646. The Morgan fingerprint density at radius 1 is 1.50 bits per heavy atom. The van der Waals surface area contributed by atoms with E-state index in [2.05, 4.69) is 15.6 Å². The van der Waals surface area contributed by atoms with Crippen molar-refractivity contribution in [1.82, 2.24) is 25.2 Å². The van der Waals surface area contributed by atoms with Crippen molar-refractivity contribution in [1.29, 1.82) is 0 Å². The van der Waals surface area contributed by atoms with Crippen molar-refractivity contribution in [3.05, 3.63) is 11.9 Å². The second kappa shape index (κ2) is 5.48. The summed E-state index contributed by atoms with van der Waals surface area (Å²) >= 11 is 0. The van der Waals surface area contributed by atoms with Gasteiger partial charge < -0.3 is 10.2 Å². The molecule has 0 aromatic carbocycles. The summed E-state index contributed by atoms with van der Waals surface area (Å²) in [6.07, 6.45) is 3.85. The lowest BCUT2D eigenvalue weighted by molar-refractivity contribution is 0.0749. The van der Waals surface area contributed by atoms with Gasteiger partial charge in [0.15, 0.2) is 5.69 Å². The predicted octanol–water partition coefficient (Wildman–Crippen LogP) is 0.683. The van der Waals surface area contributed by atoms with Gasteiger partial charge in [0, 0.05) is 13.1 Å².